The average Bonchev–Trinajstić information content (AvgIpc) is 2.14. The Balaban J connectivity index is 3.17. The molecule has 10 heavy (non-hydrogen) atoms. The summed E-state index contributed by atoms with van der Waals surface area (Å²) in [6, 6.07) is 0. The highest BCUT2D eigenvalue weighted by atomic mass is 16.1. The fourth-order valence-electron chi connectivity index (χ4n) is 0.850. The number of hydrogen-bond acceptors (Lipinski definition) is 1. The minimum atomic E-state index is -0.398. The van der Waals surface area contributed by atoms with Crippen molar-refractivity contribution in [2.24, 2.45) is 5.73 Å². The van der Waals surface area contributed by atoms with Gasteiger partial charge in [0, 0.05) is 6.20 Å². The number of primary amides is 1. The second kappa shape index (κ2) is 2.17. The Bertz CT molecular complexity index is 263. The van der Waals surface area contributed by atoms with Gasteiger partial charge in [-0.25, -0.2) is 0 Å². The number of carbonyl (C=O) groups is 1. The molecule has 0 aliphatic carbocycles. The summed E-state index contributed by atoms with van der Waals surface area (Å²) in [7, 11) is 0. The summed E-state index contributed by atoms with van der Waals surface area (Å²) >= 11 is 0. The van der Waals surface area contributed by atoms with E-state index >= 15 is 0 Å². The summed E-state index contributed by atoms with van der Waals surface area (Å²) < 4.78 is 0. The molecule has 1 rings (SSSR count). The Morgan fingerprint density at radius 3 is 2.40 bits per heavy atom. The molecule has 0 aliphatic heterocycles. The van der Waals surface area contributed by atoms with E-state index in [2.05, 4.69) is 4.98 Å². The maximum atomic E-state index is 10.6. The fourth-order valence-corrected chi connectivity index (χ4v) is 0.850. The number of aromatic amines is 1. The van der Waals surface area contributed by atoms with E-state index in [1.165, 1.54) is 0 Å². The molecule has 0 unspecified atom stereocenters. The van der Waals surface area contributed by atoms with Gasteiger partial charge in [0.15, 0.2) is 0 Å². The van der Waals surface area contributed by atoms with Crippen LogP contribution in [0.25, 0.3) is 0 Å². The monoisotopic (exact) mass is 138 g/mol. The van der Waals surface area contributed by atoms with Gasteiger partial charge in [-0.05, 0) is 25.0 Å². The number of rotatable bonds is 1. The molecule has 1 heterocycles. The third kappa shape index (κ3) is 0.900. The zero-order chi connectivity index (χ0) is 7.72. The first-order valence-electron chi connectivity index (χ1n) is 3.07. The minimum absolute atomic E-state index is 0.398. The largest absolute Gasteiger partial charge is 0.364 e. The highest BCUT2D eigenvalue weighted by Gasteiger charge is 2.06. The quantitative estimate of drug-likeness (QED) is 0.590. The van der Waals surface area contributed by atoms with Crippen molar-refractivity contribution in [2.75, 3.05) is 0 Å². The molecule has 3 heteroatoms. The smallest absolute Gasteiger partial charge is 0.265 e. The molecule has 3 nitrogen and oxygen atoms in total. The Hall–Kier alpha value is -1.25. The summed E-state index contributed by atoms with van der Waals surface area (Å²) in [5.74, 6) is -0.398. The molecule has 1 aromatic heterocycles. The van der Waals surface area contributed by atoms with E-state index in [1.807, 2.05) is 13.8 Å². The number of H-pyrrole nitrogens is 1. The van der Waals surface area contributed by atoms with Gasteiger partial charge in [-0.2, -0.15) is 0 Å². The van der Waals surface area contributed by atoms with E-state index in [-0.39, 0.29) is 0 Å². The standard InChI is InChI=1S/C7H10N2O/c1-4-3-9-6(5(4)2)7(8)10/h3,9H,1-2H3,(H2,8,10). The van der Waals surface area contributed by atoms with Crippen molar-refractivity contribution in [1.82, 2.24) is 4.98 Å². The molecule has 0 aliphatic rings. The number of amides is 1. The van der Waals surface area contributed by atoms with E-state index in [9.17, 15) is 4.79 Å². The fraction of sp³-hybridized carbons (Fsp3) is 0.286. The van der Waals surface area contributed by atoms with Crippen LogP contribution in [-0.4, -0.2) is 10.9 Å². The van der Waals surface area contributed by atoms with Crippen LogP contribution >= 0.6 is 0 Å². The maximum absolute atomic E-state index is 10.6. The number of aromatic nitrogens is 1. The van der Waals surface area contributed by atoms with Crippen LogP contribution in [0.1, 0.15) is 21.6 Å². The summed E-state index contributed by atoms with van der Waals surface area (Å²) in [6.45, 7) is 3.80. The lowest BCUT2D eigenvalue weighted by molar-refractivity contribution is 0.0995. The van der Waals surface area contributed by atoms with Crippen LogP contribution in [-0.2, 0) is 0 Å². The predicted molar refractivity (Wildman–Crippen MR) is 38.8 cm³/mol. The van der Waals surface area contributed by atoms with Crippen molar-refractivity contribution >= 4 is 5.91 Å². The molecule has 0 atom stereocenters. The van der Waals surface area contributed by atoms with Crippen molar-refractivity contribution in [2.45, 2.75) is 13.8 Å². The van der Waals surface area contributed by atoms with Crippen molar-refractivity contribution in [3.63, 3.8) is 0 Å². The van der Waals surface area contributed by atoms with Crippen LogP contribution in [0.5, 0.6) is 0 Å². The van der Waals surface area contributed by atoms with Gasteiger partial charge in [0.25, 0.3) is 5.91 Å². The van der Waals surface area contributed by atoms with Crippen LogP contribution < -0.4 is 5.73 Å². The van der Waals surface area contributed by atoms with Gasteiger partial charge in [0.2, 0.25) is 0 Å². The molecule has 0 aromatic carbocycles. The summed E-state index contributed by atoms with van der Waals surface area (Å²) in [5, 5.41) is 0. The van der Waals surface area contributed by atoms with E-state index in [0.29, 0.717) is 5.69 Å². The van der Waals surface area contributed by atoms with Crippen LogP contribution in [0, 0.1) is 13.8 Å². The zero-order valence-corrected chi connectivity index (χ0v) is 6.06. The molecule has 54 valence electrons. The molecule has 3 N–H and O–H groups in total. The molecular formula is C7H10N2O. The first kappa shape index (κ1) is 6.86. The number of carbonyl (C=O) groups excluding carboxylic acids is 1. The van der Waals surface area contributed by atoms with Crippen molar-refractivity contribution < 1.29 is 4.79 Å². The molecule has 0 radical (unpaired) electrons. The van der Waals surface area contributed by atoms with Crippen LogP contribution in [0.4, 0.5) is 0 Å². The Morgan fingerprint density at radius 1 is 1.60 bits per heavy atom. The molecular weight excluding hydrogens is 128 g/mol. The van der Waals surface area contributed by atoms with Crippen LogP contribution in [0.15, 0.2) is 6.20 Å². The minimum Gasteiger partial charge on any atom is -0.364 e. The molecule has 1 amide bonds. The third-order valence-corrected chi connectivity index (χ3v) is 1.65. The molecule has 0 bridgehead atoms. The van der Waals surface area contributed by atoms with Crippen molar-refractivity contribution in [1.29, 1.82) is 0 Å². The number of nitrogens with one attached hydrogen (secondary N) is 1. The summed E-state index contributed by atoms with van der Waals surface area (Å²) in [6.07, 6.45) is 1.77. The predicted octanol–water partition coefficient (Wildman–Crippen LogP) is 0.730. The SMILES string of the molecule is Cc1c[nH]c(C(N)=O)c1C. The molecule has 0 saturated heterocycles. The number of aryl methyl sites for hydroxylation is 1. The van der Waals surface area contributed by atoms with E-state index in [0.717, 1.165) is 11.1 Å². The van der Waals surface area contributed by atoms with E-state index < -0.39 is 5.91 Å². The average molecular weight is 138 g/mol. The first-order valence-corrected chi connectivity index (χ1v) is 3.07. The highest BCUT2D eigenvalue weighted by Crippen LogP contribution is 2.09. The third-order valence-electron chi connectivity index (χ3n) is 1.65. The number of hydrogen-bond donors (Lipinski definition) is 2. The van der Waals surface area contributed by atoms with Gasteiger partial charge in [-0.3, -0.25) is 4.79 Å². The highest BCUT2D eigenvalue weighted by molar-refractivity contribution is 5.92. The lowest BCUT2D eigenvalue weighted by Gasteiger charge is -1.91. The topological polar surface area (TPSA) is 58.9 Å². The van der Waals surface area contributed by atoms with Crippen LogP contribution in [0.2, 0.25) is 0 Å². The van der Waals surface area contributed by atoms with Gasteiger partial charge < -0.3 is 10.7 Å². The van der Waals surface area contributed by atoms with Gasteiger partial charge in [0.05, 0.1) is 0 Å². The second-order valence-corrected chi connectivity index (χ2v) is 2.34. The van der Waals surface area contributed by atoms with Crippen LogP contribution in [0.3, 0.4) is 0 Å². The molecule has 0 spiro atoms. The maximum Gasteiger partial charge on any atom is 0.265 e. The Morgan fingerprint density at radius 2 is 2.20 bits per heavy atom. The van der Waals surface area contributed by atoms with Gasteiger partial charge >= 0.3 is 0 Å². The lowest BCUT2D eigenvalue weighted by atomic mass is 10.2. The summed E-state index contributed by atoms with van der Waals surface area (Å²) in [5.41, 5.74) is 7.57. The van der Waals surface area contributed by atoms with Gasteiger partial charge in [0.1, 0.15) is 5.69 Å². The molecule has 1 aromatic rings. The number of nitrogens with two attached hydrogens (primary N) is 1. The van der Waals surface area contributed by atoms with E-state index in [4.69, 9.17) is 5.73 Å². The van der Waals surface area contributed by atoms with Gasteiger partial charge in [-0.1, -0.05) is 0 Å². The normalized spacial score (nSPS) is 9.80. The van der Waals surface area contributed by atoms with E-state index in [1.54, 1.807) is 6.20 Å². The first-order chi connectivity index (χ1) is 4.63. The Kier molecular flexibility index (Phi) is 1.49. The second-order valence-electron chi connectivity index (χ2n) is 2.34. The lowest BCUT2D eigenvalue weighted by Crippen LogP contribution is -2.12. The van der Waals surface area contributed by atoms with Crippen molar-refractivity contribution in [3.8, 4) is 0 Å². The van der Waals surface area contributed by atoms with Crippen molar-refractivity contribution in [3.05, 3.63) is 23.0 Å². The Labute approximate surface area is 59.2 Å². The summed E-state index contributed by atoms with van der Waals surface area (Å²) in [4.78, 5) is 13.4. The zero-order valence-electron chi connectivity index (χ0n) is 6.06. The van der Waals surface area contributed by atoms with Gasteiger partial charge in [-0.15, -0.1) is 0 Å². The molecule has 0 saturated carbocycles. The molecule has 0 fully saturated rings.